The average Bonchev–Trinajstić information content (AvgIpc) is 3.35. The van der Waals surface area contributed by atoms with Gasteiger partial charge < -0.3 is 5.32 Å². The first-order valence-electron chi connectivity index (χ1n) is 8.27. The van der Waals surface area contributed by atoms with Gasteiger partial charge in [0.1, 0.15) is 21.7 Å². The highest BCUT2D eigenvalue weighted by molar-refractivity contribution is 7.21. The average molecular weight is 380 g/mol. The summed E-state index contributed by atoms with van der Waals surface area (Å²) in [6.07, 6.45) is 2.79. The van der Waals surface area contributed by atoms with Crippen LogP contribution in [-0.4, -0.2) is 27.3 Å². The molecule has 0 bridgehead atoms. The molecule has 0 radical (unpaired) electrons. The first-order valence-corrected chi connectivity index (χ1v) is 10.0. The zero-order valence-electron chi connectivity index (χ0n) is 13.9. The van der Waals surface area contributed by atoms with Crippen LogP contribution in [0.3, 0.4) is 0 Å². The van der Waals surface area contributed by atoms with Gasteiger partial charge in [0, 0.05) is 29.5 Å². The van der Waals surface area contributed by atoms with Crippen molar-refractivity contribution < 1.29 is 4.79 Å². The summed E-state index contributed by atoms with van der Waals surface area (Å²) in [5, 5.41) is 8.36. The smallest absolute Gasteiger partial charge is 0.162 e. The van der Waals surface area contributed by atoms with E-state index in [1.807, 2.05) is 35.7 Å². The molecular weight excluding hydrogens is 364 g/mol. The number of ketones is 1. The predicted octanol–water partition coefficient (Wildman–Crippen LogP) is 4.89. The lowest BCUT2D eigenvalue weighted by Crippen LogP contribution is -2.07. The molecule has 0 aliphatic heterocycles. The predicted molar refractivity (Wildman–Crippen MR) is 107 cm³/mol. The van der Waals surface area contributed by atoms with Crippen LogP contribution >= 0.6 is 22.7 Å². The second kappa shape index (κ2) is 7.72. The van der Waals surface area contributed by atoms with Crippen molar-refractivity contribution in [3.8, 4) is 10.6 Å². The van der Waals surface area contributed by atoms with Gasteiger partial charge in [-0.15, -0.1) is 0 Å². The van der Waals surface area contributed by atoms with Gasteiger partial charge in [0.15, 0.2) is 11.6 Å². The second-order valence-electron chi connectivity index (χ2n) is 5.73. The maximum absolute atomic E-state index is 12.1. The highest BCUT2D eigenvalue weighted by atomic mass is 32.1. The minimum Gasteiger partial charge on any atom is -0.368 e. The Labute approximate surface area is 158 Å². The molecule has 0 amide bonds. The van der Waals surface area contributed by atoms with Crippen molar-refractivity contribution in [2.45, 2.75) is 12.8 Å². The Balaban J connectivity index is 1.40. The molecule has 4 rings (SSSR count). The van der Waals surface area contributed by atoms with Crippen LogP contribution in [-0.2, 0) is 0 Å². The molecule has 0 unspecified atom stereocenters. The van der Waals surface area contributed by atoms with E-state index in [2.05, 4.69) is 31.7 Å². The number of fused-ring (bicyclic) bond motifs is 1. The van der Waals surface area contributed by atoms with Crippen LogP contribution < -0.4 is 5.32 Å². The summed E-state index contributed by atoms with van der Waals surface area (Å²) < 4.78 is 0. The van der Waals surface area contributed by atoms with Crippen LogP contribution in [0.4, 0.5) is 5.82 Å². The number of hydrogen-bond donors (Lipinski definition) is 1. The molecule has 3 aromatic heterocycles. The van der Waals surface area contributed by atoms with Crippen molar-refractivity contribution in [2.24, 2.45) is 0 Å². The molecule has 1 N–H and O–H groups in total. The Bertz CT molecular complexity index is 1010. The third-order valence-electron chi connectivity index (χ3n) is 3.93. The number of anilines is 1. The van der Waals surface area contributed by atoms with Gasteiger partial charge in [-0.25, -0.2) is 15.0 Å². The zero-order valence-corrected chi connectivity index (χ0v) is 15.5. The van der Waals surface area contributed by atoms with Gasteiger partial charge in [-0.05, 0) is 17.9 Å². The maximum Gasteiger partial charge on any atom is 0.162 e. The summed E-state index contributed by atoms with van der Waals surface area (Å²) in [7, 11) is 0. The third-order valence-corrected chi connectivity index (χ3v) is 5.63. The molecule has 0 saturated heterocycles. The molecule has 5 nitrogen and oxygen atoms in total. The van der Waals surface area contributed by atoms with E-state index < -0.39 is 0 Å². The Morgan fingerprint density at radius 1 is 1.12 bits per heavy atom. The van der Waals surface area contributed by atoms with Gasteiger partial charge in [-0.3, -0.25) is 4.79 Å². The fourth-order valence-corrected chi connectivity index (χ4v) is 4.24. The van der Waals surface area contributed by atoms with Crippen molar-refractivity contribution in [2.75, 3.05) is 11.9 Å². The van der Waals surface area contributed by atoms with Crippen molar-refractivity contribution in [1.29, 1.82) is 0 Å². The van der Waals surface area contributed by atoms with Gasteiger partial charge in [0.2, 0.25) is 0 Å². The van der Waals surface area contributed by atoms with Crippen LogP contribution in [0.5, 0.6) is 0 Å². The zero-order chi connectivity index (χ0) is 17.8. The number of thiazole rings is 1. The van der Waals surface area contributed by atoms with E-state index in [-0.39, 0.29) is 5.78 Å². The molecular formula is C19H16N4OS2. The molecule has 7 heteroatoms. The van der Waals surface area contributed by atoms with E-state index in [9.17, 15) is 4.79 Å². The van der Waals surface area contributed by atoms with Gasteiger partial charge in [0.05, 0.1) is 0 Å². The van der Waals surface area contributed by atoms with Crippen molar-refractivity contribution in [3.63, 3.8) is 0 Å². The quantitative estimate of drug-likeness (QED) is 0.365. The van der Waals surface area contributed by atoms with E-state index in [0.717, 1.165) is 38.7 Å². The second-order valence-corrected chi connectivity index (χ2v) is 7.48. The third kappa shape index (κ3) is 3.63. The molecule has 0 atom stereocenters. The topological polar surface area (TPSA) is 67.8 Å². The molecule has 0 aliphatic carbocycles. The van der Waals surface area contributed by atoms with E-state index >= 15 is 0 Å². The largest absolute Gasteiger partial charge is 0.368 e. The summed E-state index contributed by atoms with van der Waals surface area (Å²) in [5.74, 6) is 0.883. The van der Waals surface area contributed by atoms with Crippen molar-refractivity contribution >= 4 is 44.6 Å². The molecule has 1 aromatic carbocycles. The Kier molecular flexibility index (Phi) is 4.99. The van der Waals surface area contributed by atoms with Gasteiger partial charge >= 0.3 is 0 Å². The van der Waals surface area contributed by atoms with Gasteiger partial charge in [-0.2, -0.15) is 11.3 Å². The normalized spacial score (nSPS) is 10.9. The van der Waals surface area contributed by atoms with Crippen LogP contribution in [0.15, 0.2) is 53.5 Å². The lowest BCUT2D eigenvalue weighted by Gasteiger charge is -2.05. The minimum absolute atomic E-state index is 0.161. The molecule has 4 aromatic rings. The molecule has 26 heavy (non-hydrogen) atoms. The molecule has 130 valence electrons. The maximum atomic E-state index is 12.1. The van der Waals surface area contributed by atoms with Gasteiger partial charge in [0.25, 0.3) is 0 Å². The summed E-state index contributed by atoms with van der Waals surface area (Å²) in [4.78, 5) is 26.3. The van der Waals surface area contributed by atoms with Crippen LogP contribution in [0, 0.1) is 0 Å². The number of hydrogen-bond acceptors (Lipinski definition) is 7. The number of nitrogens with one attached hydrogen (secondary N) is 1. The lowest BCUT2D eigenvalue weighted by molar-refractivity contribution is 0.0981. The lowest BCUT2D eigenvalue weighted by atomic mass is 10.1. The fourth-order valence-electron chi connectivity index (χ4n) is 2.62. The molecule has 0 spiro atoms. The van der Waals surface area contributed by atoms with E-state index in [0.29, 0.717) is 13.0 Å². The monoisotopic (exact) mass is 380 g/mol. The number of thiophene rings is 1. The molecule has 0 saturated carbocycles. The summed E-state index contributed by atoms with van der Waals surface area (Å²) in [5.41, 5.74) is 2.65. The van der Waals surface area contributed by atoms with E-state index in [4.69, 9.17) is 0 Å². The molecule has 0 aliphatic rings. The molecule has 0 fully saturated rings. The number of carbonyl (C=O) groups excluding carboxylic acids is 1. The Morgan fingerprint density at radius 2 is 2.00 bits per heavy atom. The Morgan fingerprint density at radius 3 is 2.81 bits per heavy atom. The standard InChI is InChI=1S/C19H16N4OS2/c24-15(13-5-2-1-3-6-13)7-4-9-20-17-16-19(22-12-21-17)26-18(23-16)14-8-10-25-11-14/h1-3,5-6,8,10-12H,4,7,9H2,(H,20,21,22). The minimum atomic E-state index is 0.161. The highest BCUT2D eigenvalue weighted by Crippen LogP contribution is 2.32. The SMILES string of the molecule is O=C(CCCNc1ncnc2sc(-c3ccsc3)nc12)c1ccccc1. The number of aromatic nitrogens is 3. The number of carbonyl (C=O) groups is 1. The number of benzene rings is 1. The first-order chi connectivity index (χ1) is 12.8. The fraction of sp³-hybridized carbons (Fsp3) is 0.158. The molecule has 3 heterocycles. The van der Waals surface area contributed by atoms with Crippen LogP contribution in [0.25, 0.3) is 20.9 Å². The van der Waals surface area contributed by atoms with Crippen LogP contribution in [0.2, 0.25) is 0 Å². The van der Waals surface area contributed by atoms with Gasteiger partial charge in [-0.1, -0.05) is 41.7 Å². The van der Waals surface area contributed by atoms with Crippen molar-refractivity contribution in [1.82, 2.24) is 15.0 Å². The van der Waals surface area contributed by atoms with E-state index in [1.54, 1.807) is 29.0 Å². The highest BCUT2D eigenvalue weighted by Gasteiger charge is 2.12. The summed E-state index contributed by atoms with van der Waals surface area (Å²) >= 11 is 3.21. The van der Waals surface area contributed by atoms with Crippen LogP contribution in [0.1, 0.15) is 23.2 Å². The summed E-state index contributed by atoms with van der Waals surface area (Å²) in [6, 6.07) is 11.4. The first kappa shape index (κ1) is 16.8. The van der Waals surface area contributed by atoms with E-state index in [1.165, 1.54) is 0 Å². The van der Waals surface area contributed by atoms with Crippen molar-refractivity contribution in [3.05, 3.63) is 59.0 Å². The Hall–Kier alpha value is -2.64. The number of Topliss-reactive ketones (excluding diaryl/α,β-unsaturated/α-hetero) is 1. The summed E-state index contributed by atoms with van der Waals surface area (Å²) in [6.45, 7) is 0.663. The number of nitrogens with zero attached hydrogens (tertiary/aromatic N) is 3. The number of rotatable bonds is 7.